The molecule has 0 aliphatic rings. The lowest BCUT2D eigenvalue weighted by Crippen LogP contribution is -2.16. The van der Waals surface area contributed by atoms with Crippen molar-refractivity contribution in [2.24, 2.45) is 5.92 Å². The van der Waals surface area contributed by atoms with E-state index in [1.807, 2.05) is 37.3 Å². The number of unbranched alkanes of at least 4 members (excludes halogenated alkanes) is 1. The van der Waals surface area contributed by atoms with Crippen molar-refractivity contribution in [1.29, 1.82) is 0 Å². The molecule has 96 valence electrons. The average Bonchev–Trinajstić information content (AvgIpc) is 2.39. The van der Waals surface area contributed by atoms with Gasteiger partial charge in [-0.2, -0.15) is 0 Å². The van der Waals surface area contributed by atoms with Crippen LogP contribution >= 0.6 is 0 Å². The van der Waals surface area contributed by atoms with Gasteiger partial charge in [0.2, 0.25) is 0 Å². The van der Waals surface area contributed by atoms with Gasteiger partial charge >= 0.3 is 5.97 Å². The predicted octanol–water partition coefficient (Wildman–Crippen LogP) is 3.76. The molecule has 2 heteroatoms. The van der Waals surface area contributed by atoms with E-state index in [9.17, 15) is 4.79 Å². The van der Waals surface area contributed by atoms with Gasteiger partial charge in [-0.15, -0.1) is 0 Å². The first-order chi connectivity index (χ1) is 8.65. The first-order valence-corrected chi connectivity index (χ1v) is 6.30. The summed E-state index contributed by atoms with van der Waals surface area (Å²) in [5.41, 5.74) is 1.87. The number of ether oxygens (including phenoxy) is 1. The lowest BCUT2D eigenvalue weighted by Gasteiger charge is -2.12. The molecule has 0 spiro atoms. The Balaban J connectivity index is 2.42. The fraction of sp³-hybridized carbons (Fsp3) is 0.375. The lowest BCUT2D eigenvalue weighted by atomic mass is 9.97. The van der Waals surface area contributed by atoms with Gasteiger partial charge in [0.1, 0.15) is 0 Å². The summed E-state index contributed by atoms with van der Waals surface area (Å²) in [6.07, 6.45) is 2.30. The van der Waals surface area contributed by atoms with Gasteiger partial charge in [0.15, 0.2) is 0 Å². The molecule has 0 aliphatic heterocycles. The summed E-state index contributed by atoms with van der Waals surface area (Å²) in [5.74, 6) is -0.977. The normalized spacial score (nSPS) is 11.9. The summed E-state index contributed by atoms with van der Waals surface area (Å²) in [7, 11) is 0. The number of benzene rings is 1. The number of rotatable bonds is 7. The van der Waals surface area contributed by atoms with Crippen molar-refractivity contribution in [2.45, 2.75) is 26.2 Å². The van der Waals surface area contributed by atoms with Crippen LogP contribution in [0, 0.1) is 12.8 Å². The molecule has 2 nitrogen and oxygen atoms in total. The van der Waals surface area contributed by atoms with Gasteiger partial charge in [-0.25, -0.2) is 0 Å². The number of hydrogen-bond acceptors (Lipinski definition) is 2. The van der Waals surface area contributed by atoms with Crippen LogP contribution in [-0.4, -0.2) is 12.6 Å². The molecule has 0 heterocycles. The molecule has 0 amide bonds. The summed E-state index contributed by atoms with van der Waals surface area (Å²) in [6, 6.07) is 9.72. The second-order valence-electron chi connectivity index (χ2n) is 4.30. The number of carbonyl (C=O) groups is 1. The Hall–Kier alpha value is -1.57. The van der Waals surface area contributed by atoms with Gasteiger partial charge in [-0.1, -0.05) is 50.3 Å². The van der Waals surface area contributed by atoms with Crippen molar-refractivity contribution in [3.8, 4) is 0 Å². The van der Waals surface area contributed by atoms with Crippen LogP contribution in [0.1, 0.15) is 31.7 Å². The quantitative estimate of drug-likeness (QED) is 0.539. The third kappa shape index (κ3) is 4.74. The summed E-state index contributed by atoms with van der Waals surface area (Å²) < 4.78 is 5.08. The maximum atomic E-state index is 11.6. The second kappa shape index (κ2) is 7.70. The summed E-state index contributed by atoms with van der Waals surface area (Å²) in [5, 5.41) is 0. The molecule has 0 fully saturated rings. The van der Waals surface area contributed by atoms with Crippen molar-refractivity contribution in [3.63, 3.8) is 0 Å². The summed E-state index contributed by atoms with van der Waals surface area (Å²) in [6.45, 7) is 12.3. The van der Waals surface area contributed by atoms with Gasteiger partial charge in [-0.05, 0) is 30.9 Å². The van der Waals surface area contributed by atoms with Crippen LogP contribution in [-0.2, 0) is 9.53 Å². The molecule has 1 atom stereocenters. The van der Waals surface area contributed by atoms with Crippen molar-refractivity contribution in [1.82, 2.24) is 0 Å². The molecule has 1 unspecified atom stereocenters. The van der Waals surface area contributed by atoms with Crippen LogP contribution in [0.25, 0.3) is 5.57 Å². The largest absolute Gasteiger partial charge is 0.465 e. The zero-order chi connectivity index (χ0) is 13.4. The monoisotopic (exact) mass is 244 g/mol. The van der Waals surface area contributed by atoms with Crippen LogP contribution < -0.4 is 0 Å². The minimum absolute atomic E-state index is 0.347. The average molecular weight is 244 g/mol. The van der Waals surface area contributed by atoms with E-state index in [4.69, 9.17) is 11.7 Å². The van der Waals surface area contributed by atoms with E-state index in [0.717, 1.165) is 24.0 Å². The zero-order valence-electron chi connectivity index (χ0n) is 10.9. The Morgan fingerprint density at radius 2 is 2.06 bits per heavy atom. The maximum Gasteiger partial charge on any atom is 0.309 e. The van der Waals surface area contributed by atoms with Crippen LogP contribution in [0.3, 0.4) is 0 Å². The third-order valence-electron chi connectivity index (χ3n) is 2.69. The van der Waals surface area contributed by atoms with E-state index >= 15 is 0 Å². The number of hydrogen-bond donors (Lipinski definition) is 0. The Bertz CT molecular complexity index is 381. The van der Waals surface area contributed by atoms with E-state index in [0.29, 0.717) is 13.0 Å². The highest BCUT2D eigenvalue weighted by Gasteiger charge is 2.16. The molecular formula is C16H20O2. The molecule has 0 aliphatic carbocycles. The van der Waals surface area contributed by atoms with Crippen LogP contribution in [0.15, 0.2) is 36.9 Å². The number of esters is 1. The van der Waals surface area contributed by atoms with Crippen molar-refractivity contribution in [3.05, 3.63) is 49.4 Å². The van der Waals surface area contributed by atoms with Gasteiger partial charge in [0, 0.05) is 0 Å². The van der Waals surface area contributed by atoms with Crippen molar-refractivity contribution < 1.29 is 9.53 Å². The minimum Gasteiger partial charge on any atom is -0.465 e. The van der Waals surface area contributed by atoms with E-state index < -0.39 is 5.92 Å². The van der Waals surface area contributed by atoms with Crippen LogP contribution in [0.4, 0.5) is 0 Å². The van der Waals surface area contributed by atoms with Gasteiger partial charge in [0.05, 0.1) is 12.5 Å². The molecule has 1 aromatic carbocycles. The van der Waals surface area contributed by atoms with Crippen molar-refractivity contribution in [2.75, 3.05) is 6.61 Å². The smallest absolute Gasteiger partial charge is 0.309 e. The Morgan fingerprint density at radius 1 is 1.39 bits per heavy atom. The SMILES string of the molecule is [CH]C(CC(=C)c1ccccc1)C(=O)OCCCC. The zero-order valence-corrected chi connectivity index (χ0v) is 10.9. The molecule has 0 N–H and O–H groups in total. The van der Waals surface area contributed by atoms with E-state index in [1.54, 1.807) is 0 Å². The summed E-state index contributed by atoms with van der Waals surface area (Å²) >= 11 is 0. The molecular weight excluding hydrogens is 224 g/mol. The molecule has 1 aromatic rings. The predicted molar refractivity (Wildman–Crippen MR) is 73.8 cm³/mol. The fourth-order valence-corrected chi connectivity index (χ4v) is 1.56. The molecule has 0 saturated heterocycles. The molecule has 1 rings (SSSR count). The van der Waals surface area contributed by atoms with E-state index in [-0.39, 0.29) is 5.97 Å². The topological polar surface area (TPSA) is 26.3 Å². The number of allylic oxidation sites excluding steroid dienone is 1. The highest BCUT2D eigenvalue weighted by Crippen LogP contribution is 2.21. The molecule has 2 radical (unpaired) electrons. The first-order valence-electron chi connectivity index (χ1n) is 6.30. The molecule has 0 aromatic heterocycles. The highest BCUT2D eigenvalue weighted by atomic mass is 16.5. The van der Waals surface area contributed by atoms with Gasteiger partial charge in [-0.3, -0.25) is 4.79 Å². The Morgan fingerprint density at radius 3 is 2.67 bits per heavy atom. The first kappa shape index (κ1) is 14.5. The molecule has 18 heavy (non-hydrogen) atoms. The van der Waals surface area contributed by atoms with E-state index in [2.05, 4.69) is 6.58 Å². The maximum absolute atomic E-state index is 11.6. The highest BCUT2D eigenvalue weighted by molar-refractivity contribution is 5.76. The van der Waals surface area contributed by atoms with Crippen molar-refractivity contribution >= 4 is 11.5 Å². The molecule has 0 saturated carbocycles. The van der Waals surface area contributed by atoms with Crippen LogP contribution in [0.2, 0.25) is 0 Å². The standard InChI is InChI=1S/C16H20O2/c1-4-5-11-18-16(17)14(3)12-13(2)15-9-7-6-8-10-15/h3,6-10,14H,2,4-5,11-12H2,1H3. The minimum atomic E-state index is -0.630. The van der Waals surface area contributed by atoms with Gasteiger partial charge in [0.25, 0.3) is 0 Å². The van der Waals surface area contributed by atoms with E-state index in [1.165, 1.54) is 0 Å². The Labute approximate surface area is 110 Å². The summed E-state index contributed by atoms with van der Waals surface area (Å²) in [4.78, 5) is 11.6. The van der Waals surface area contributed by atoms with Gasteiger partial charge < -0.3 is 4.74 Å². The number of carbonyl (C=O) groups excluding carboxylic acids is 1. The fourth-order valence-electron chi connectivity index (χ4n) is 1.56. The molecule has 0 bridgehead atoms. The Kier molecular flexibility index (Phi) is 6.20. The second-order valence-corrected chi connectivity index (χ2v) is 4.30. The third-order valence-corrected chi connectivity index (χ3v) is 2.69. The lowest BCUT2D eigenvalue weighted by molar-refractivity contribution is -0.146. The van der Waals surface area contributed by atoms with Crippen LogP contribution in [0.5, 0.6) is 0 Å².